The Morgan fingerprint density at radius 2 is 2.05 bits per heavy atom. The van der Waals surface area contributed by atoms with Gasteiger partial charge in [-0.25, -0.2) is 0 Å². The smallest absolute Gasteiger partial charge is 0.148 e. The molecule has 0 unspecified atom stereocenters. The zero-order valence-electron chi connectivity index (χ0n) is 10.6. The molecule has 1 fully saturated rings. The molecule has 0 atom stereocenters. The van der Waals surface area contributed by atoms with Crippen molar-refractivity contribution >= 4 is 17.4 Å². The number of benzene rings is 1. The third-order valence-electron chi connectivity index (χ3n) is 3.40. The quantitative estimate of drug-likeness (QED) is 0.808. The number of aromatic nitrogens is 2. The van der Waals surface area contributed by atoms with Gasteiger partial charge in [-0.15, -0.1) is 0 Å². The number of rotatable bonds is 3. The van der Waals surface area contributed by atoms with Gasteiger partial charge in [-0.2, -0.15) is 5.10 Å². The summed E-state index contributed by atoms with van der Waals surface area (Å²) >= 11 is 6.00. The first-order valence-corrected chi connectivity index (χ1v) is 6.98. The summed E-state index contributed by atoms with van der Waals surface area (Å²) in [5.41, 5.74) is 2.04. The van der Waals surface area contributed by atoms with Crippen LogP contribution in [-0.2, 0) is 0 Å². The van der Waals surface area contributed by atoms with Crippen molar-refractivity contribution in [3.8, 4) is 11.3 Å². The third-order valence-corrected chi connectivity index (χ3v) is 3.64. The Balaban J connectivity index is 1.72. The van der Waals surface area contributed by atoms with Crippen molar-refractivity contribution in [3.63, 3.8) is 0 Å². The normalized spacial score (nSPS) is 16.5. The van der Waals surface area contributed by atoms with E-state index >= 15 is 0 Å². The van der Waals surface area contributed by atoms with Crippen LogP contribution in [0.1, 0.15) is 12.8 Å². The molecule has 0 bridgehead atoms. The number of hydrogen-bond donors (Lipinski definition) is 3. The second kappa shape index (κ2) is 5.63. The van der Waals surface area contributed by atoms with E-state index in [4.69, 9.17) is 11.6 Å². The zero-order valence-corrected chi connectivity index (χ0v) is 11.4. The summed E-state index contributed by atoms with van der Waals surface area (Å²) in [6, 6.07) is 10.3. The van der Waals surface area contributed by atoms with Gasteiger partial charge in [0, 0.05) is 22.7 Å². The minimum Gasteiger partial charge on any atom is -0.366 e. The van der Waals surface area contributed by atoms with Gasteiger partial charge in [0.15, 0.2) is 0 Å². The van der Waals surface area contributed by atoms with Crippen LogP contribution < -0.4 is 10.6 Å². The summed E-state index contributed by atoms with van der Waals surface area (Å²) in [5.74, 6) is 0.905. The standard InChI is InChI=1S/C14H17ClN4/c15-11-3-1-2-10(8-11)13-9-14(19-18-13)17-12-4-6-16-7-5-12/h1-3,8-9,12,16H,4-7H2,(H2,17,18,19). The highest BCUT2D eigenvalue weighted by Crippen LogP contribution is 2.23. The maximum absolute atomic E-state index is 6.00. The number of hydrogen-bond acceptors (Lipinski definition) is 3. The minimum absolute atomic E-state index is 0.511. The van der Waals surface area contributed by atoms with Crippen LogP contribution >= 0.6 is 11.6 Å². The van der Waals surface area contributed by atoms with Gasteiger partial charge in [-0.3, -0.25) is 5.10 Å². The molecule has 0 spiro atoms. The maximum atomic E-state index is 6.00. The molecule has 1 saturated heterocycles. The van der Waals surface area contributed by atoms with Crippen molar-refractivity contribution in [2.75, 3.05) is 18.4 Å². The van der Waals surface area contributed by atoms with E-state index in [0.29, 0.717) is 6.04 Å². The molecule has 2 aromatic rings. The molecule has 0 amide bonds. The first kappa shape index (κ1) is 12.5. The van der Waals surface area contributed by atoms with E-state index < -0.39 is 0 Å². The third kappa shape index (κ3) is 3.08. The molecule has 1 aromatic carbocycles. The van der Waals surface area contributed by atoms with Gasteiger partial charge in [-0.05, 0) is 38.1 Å². The van der Waals surface area contributed by atoms with Crippen LogP contribution in [0.2, 0.25) is 5.02 Å². The first-order chi connectivity index (χ1) is 9.31. The molecule has 3 N–H and O–H groups in total. The molecular weight excluding hydrogens is 260 g/mol. The van der Waals surface area contributed by atoms with Gasteiger partial charge >= 0.3 is 0 Å². The van der Waals surface area contributed by atoms with E-state index in [0.717, 1.165) is 48.0 Å². The highest BCUT2D eigenvalue weighted by molar-refractivity contribution is 6.30. The van der Waals surface area contributed by atoms with Crippen molar-refractivity contribution in [2.24, 2.45) is 0 Å². The van der Waals surface area contributed by atoms with Gasteiger partial charge in [0.2, 0.25) is 0 Å². The molecular formula is C14H17ClN4. The van der Waals surface area contributed by atoms with E-state index in [-0.39, 0.29) is 0 Å². The SMILES string of the molecule is Clc1cccc(-c2cc(NC3CCNCC3)n[nH]2)c1. The number of anilines is 1. The van der Waals surface area contributed by atoms with Gasteiger partial charge in [-0.1, -0.05) is 23.7 Å². The van der Waals surface area contributed by atoms with Crippen molar-refractivity contribution in [1.82, 2.24) is 15.5 Å². The summed E-state index contributed by atoms with van der Waals surface area (Å²) in [4.78, 5) is 0. The Hall–Kier alpha value is -1.52. The average Bonchev–Trinajstić information content (AvgIpc) is 2.88. The largest absolute Gasteiger partial charge is 0.366 e. The maximum Gasteiger partial charge on any atom is 0.148 e. The second-order valence-corrected chi connectivity index (χ2v) is 5.28. The molecule has 0 radical (unpaired) electrons. The summed E-state index contributed by atoms with van der Waals surface area (Å²) in [6.07, 6.45) is 2.28. The fourth-order valence-corrected chi connectivity index (χ4v) is 2.57. The molecule has 1 aliphatic heterocycles. The molecule has 100 valence electrons. The average molecular weight is 277 g/mol. The molecule has 1 aromatic heterocycles. The van der Waals surface area contributed by atoms with E-state index in [2.05, 4.69) is 20.8 Å². The van der Waals surface area contributed by atoms with Crippen molar-refractivity contribution < 1.29 is 0 Å². The highest BCUT2D eigenvalue weighted by atomic mass is 35.5. The Morgan fingerprint density at radius 3 is 2.84 bits per heavy atom. The molecule has 0 saturated carbocycles. The van der Waals surface area contributed by atoms with E-state index in [1.807, 2.05) is 30.3 Å². The van der Waals surface area contributed by atoms with Gasteiger partial charge in [0.25, 0.3) is 0 Å². The molecule has 0 aliphatic carbocycles. The van der Waals surface area contributed by atoms with Crippen molar-refractivity contribution in [1.29, 1.82) is 0 Å². The van der Waals surface area contributed by atoms with Crippen molar-refractivity contribution in [3.05, 3.63) is 35.4 Å². The lowest BCUT2D eigenvalue weighted by atomic mass is 10.1. The lowest BCUT2D eigenvalue weighted by Crippen LogP contribution is -2.35. The molecule has 1 aliphatic rings. The number of piperidine rings is 1. The van der Waals surface area contributed by atoms with Crippen LogP contribution in [0, 0.1) is 0 Å². The highest BCUT2D eigenvalue weighted by Gasteiger charge is 2.14. The van der Waals surface area contributed by atoms with Crippen LogP contribution in [-0.4, -0.2) is 29.3 Å². The van der Waals surface area contributed by atoms with Crippen LogP contribution in [0.5, 0.6) is 0 Å². The van der Waals surface area contributed by atoms with Gasteiger partial charge in [0.05, 0.1) is 5.69 Å². The number of nitrogens with one attached hydrogen (secondary N) is 3. The molecule has 2 heterocycles. The van der Waals surface area contributed by atoms with Gasteiger partial charge in [0.1, 0.15) is 5.82 Å². The Bertz CT molecular complexity index is 546. The molecule has 4 nitrogen and oxygen atoms in total. The lowest BCUT2D eigenvalue weighted by Gasteiger charge is -2.23. The number of nitrogens with zero attached hydrogens (tertiary/aromatic N) is 1. The monoisotopic (exact) mass is 276 g/mol. The van der Waals surface area contributed by atoms with Gasteiger partial charge < -0.3 is 10.6 Å². The molecule has 5 heteroatoms. The summed E-state index contributed by atoms with van der Waals surface area (Å²) < 4.78 is 0. The van der Waals surface area contributed by atoms with Crippen molar-refractivity contribution in [2.45, 2.75) is 18.9 Å². The molecule has 19 heavy (non-hydrogen) atoms. The second-order valence-electron chi connectivity index (χ2n) is 4.85. The predicted molar refractivity (Wildman–Crippen MR) is 78.5 cm³/mol. The topological polar surface area (TPSA) is 52.7 Å². The summed E-state index contributed by atoms with van der Waals surface area (Å²) in [6.45, 7) is 2.15. The lowest BCUT2D eigenvalue weighted by molar-refractivity contribution is 0.478. The number of H-pyrrole nitrogens is 1. The number of aromatic amines is 1. The fourth-order valence-electron chi connectivity index (χ4n) is 2.37. The van der Waals surface area contributed by atoms with E-state index in [1.165, 1.54) is 0 Å². The van der Waals surface area contributed by atoms with Crippen LogP contribution in [0.15, 0.2) is 30.3 Å². The van der Waals surface area contributed by atoms with E-state index in [1.54, 1.807) is 0 Å². The summed E-state index contributed by atoms with van der Waals surface area (Å²) in [7, 11) is 0. The van der Waals surface area contributed by atoms with Crippen LogP contribution in [0.25, 0.3) is 11.3 Å². The number of halogens is 1. The Morgan fingerprint density at radius 1 is 1.21 bits per heavy atom. The van der Waals surface area contributed by atoms with Crippen LogP contribution in [0.4, 0.5) is 5.82 Å². The first-order valence-electron chi connectivity index (χ1n) is 6.60. The Labute approximate surface area is 117 Å². The summed E-state index contributed by atoms with van der Waals surface area (Å²) in [5, 5.41) is 14.9. The van der Waals surface area contributed by atoms with Crippen LogP contribution in [0.3, 0.4) is 0 Å². The predicted octanol–water partition coefficient (Wildman–Crippen LogP) is 2.89. The zero-order chi connectivity index (χ0) is 13.1. The molecule has 3 rings (SSSR count). The minimum atomic E-state index is 0.511. The Kier molecular flexibility index (Phi) is 3.71. The van der Waals surface area contributed by atoms with E-state index in [9.17, 15) is 0 Å². The fraction of sp³-hybridized carbons (Fsp3) is 0.357.